The number of rotatable bonds is 11. The molecule has 0 aliphatic heterocycles. The third-order valence-electron chi connectivity index (χ3n) is 10.2. The van der Waals surface area contributed by atoms with E-state index in [1.807, 2.05) is 60.7 Å². The normalized spacial score (nSPS) is 11.7. The Bertz CT molecular complexity index is 2210. The minimum absolute atomic E-state index is 0.163. The molecule has 0 saturated heterocycles. The van der Waals surface area contributed by atoms with E-state index in [2.05, 4.69) is 177 Å². The molecule has 2 unspecified atom stereocenters. The van der Waals surface area contributed by atoms with Crippen molar-refractivity contribution in [1.29, 1.82) is 0 Å². The summed E-state index contributed by atoms with van der Waals surface area (Å²) in [7, 11) is 7.21. The second-order valence-electron chi connectivity index (χ2n) is 14.4. The summed E-state index contributed by atoms with van der Waals surface area (Å²) in [5, 5.41) is 12.3. The van der Waals surface area contributed by atoms with Crippen LogP contribution in [0.25, 0.3) is 0 Å². The van der Waals surface area contributed by atoms with Gasteiger partial charge < -0.3 is 16.8 Å². The third-order valence-corrected chi connectivity index (χ3v) is 15.7. The number of nitrogens with two attached hydrogens (primary N) is 2. The van der Waals surface area contributed by atoms with E-state index in [0.29, 0.717) is 0 Å². The van der Waals surface area contributed by atoms with Gasteiger partial charge in [-0.2, -0.15) is 0 Å². The molecule has 0 aliphatic rings. The van der Waals surface area contributed by atoms with Gasteiger partial charge in [0.1, 0.15) is 47.7 Å². The van der Waals surface area contributed by atoms with Gasteiger partial charge in [-0.15, -0.1) is 0 Å². The Balaban J connectivity index is 0.000000264. The van der Waals surface area contributed by atoms with Crippen molar-refractivity contribution in [3.8, 4) is 0 Å². The summed E-state index contributed by atoms with van der Waals surface area (Å²) in [6.07, 6.45) is 0. The zero-order valence-corrected chi connectivity index (χ0v) is 39.0. The first-order valence-corrected chi connectivity index (χ1v) is 27.3. The molecule has 8 aromatic carbocycles. The summed E-state index contributed by atoms with van der Waals surface area (Å²) in [6, 6.07) is 77.4. The van der Waals surface area contributed by atoms with Crippen LogP contribution in [0.5, 0.6) is 0 Å². The van der Waals surface area contributed by atoms with Crippen LogP contribution in [0.2, 0.25) is 0 Å². The van der Waals surface area contributed by atoms with E-state index in [9.17, 15) is 0 Å². The van der Waals surface area contributed by atoms with Gasteiger partial charge in [-0.3, -0.25) is 0 Å². The molecule has 0 spiro atoms. The Kier molecular flexibility index (Phi) is 17.7. The third kappa shape index (κ3) is 12.3. The maximum absolute atomic E-state index is 6.15. The van der Waals surface area contributed by atoms with Crippen molar-refractivity contribution in [3.63, 3.8) is 0 Å². The molecule has 302 valence electrons. The van der Waals surface area contributed by atoms with E-state index in [-0.39, 0.29) is 27.2 Å². The summed E-state index contributed by atoms with van der Waals surface area (Å²) >= 11 is -0.346. The average molecular weight is 952 g/mol. The molecule has 0 amide bonds. The number of anilines is 2. The Morgan fingerprint density at radius 3 is 0.917 bits per heavy atom. The summed E-state index contributed by atoms with van der Waals surface area (Å²) in [5.41, 5.74) is 19.4. The molecule has 2 atom stereocenters. The molecule has 5 N–H and O–H groups in total. The predicted octanol–water partition coefficient (Wildman–Crippen LogP) is 10.8. The van der Waals surface area contributed by atoms with Crippen LogP contribution in [-0.2, 0) is 15.1 Å². The summed E-state index contributed by atoms with van der Waals surface area (Å²) in [4.78, 5) is 0. The molecule has 8 aromatic rings. The van der Waals surface area contributed by atoms with Crippen LogP contribution >= 0.6 is 35.2 Å². The molecule has 60 heavy (non-hydrogen) atoms. The molecule has 0 fully saturated rings. The van der Waals surface area contributed by atoms with Crippen LogP contribution < -0.4 is 48.6 Å². The van der Waals surface area contributed by atoms with Crippen LogP contribution in [-0.4, -0.2) is 0 Å². The Hall–Kier alpha value is -4.46. The quantitative estimate of drug-likeness (QED) is 0.0894. The minimum atomic E-state index is -1.25. The predicted molar refractivity (Wildman–Crippen MR) is 264 cm³/mol. The van der Waals surface area contributed by atoms with E-state index < -0.39 is 15.8 Å². The van der Waals surface area contributed by atoms with Crippen molar-refractivity contribution >= 4 is 78.4 Å². The zero-order chi connectivity index (χ0) is 42.1. The van der Waals surface area contributed by atoms with E-state index in [1.165, 1.54) is 54.3 Å². The van der Waals surface area contributed by atoms with E-state index in [4.69, 9.17) is 30.8 Å². The number of nitrogens with one attached hydrogen (secondary N) is 1. The van der Waals surface area contributed by atoms with Crippen LogP contribution in [0.3, 0.4) is 0 Å². The fraction of sp³-hybridized carbons (Fsp3) is 0.0769. The van der Waals surface area contributed by atoms with Gasteiger partial charge in [0.25, 0.3) is 0 Å². The van der Waals surface area contributed by atoms with Crippen molar-refractivity contribution < 1.29 is 15.1 Å². The standard InChI is InChI=1S/C38H33NP2.C14H16N2.2ClH.Ru/c1-29-23-25-35(37(27-29)40(31-15-7-3-8-16-31)32-17-9-4-10-18-32)39-36-26-24-30(2)28-38(36)41(33-19-11-5-12-20-33)34-21-13-6-14-22-34;15-13(11-7-3-1-4-8-11)14(16)12-9-5-2-6-10-12;;;/h3-28,39H,1-2H3;1-10,13-14H,15-16H2;2*1H;/q;;;;+4. The van der Waals surface area contributed by atoms with Crippen LogP contribution in [0, 0.1) is 13.8 Å². The van der Waals surface area contributed by atoms with E-state index in [1.54, 1.807) is 0 Å². The number of benzene rings is 8. The van der Waals surface area contributed by atoms with E-state index >= 15 is 0 Å². The maximum atomic E-state index is 6.15. The first kappa shape index (κ1) is 45.1. The molecule has 3 nitrogen and oxygen atoms in total. The number of hydrogen-bond donors (Lipinski definition) is 3. The van der Waals surface area contributed by atoms with Gasteiger partial charge in [-0.25, -0.2) is 0 Å². The topological polar surface area (TPSA) is 64.1 Å². The van der Waals surface area contributed by atoms with Crippen molar-refractivity contribution in [1.82, 2.24) is 0 Å². The fourth-order valence-electron chi connectivity index (χ4n) is 7.23. The van der Waals surface area contributed by atoms with Crippen molar-refractivity contribution in [2.75, 3.05) is 5.32 Å². The Morgan fingerprint density at radius 1 is 0.400 bits per heavy atom. The molecule has 0 radical (unpaired) electrons. The molecule has 8 rings (SSSR count). The molecule has 0 aromatic heterocycles. The Labute approximate surface area is 374 Å². The summed E-state index contributed by atoms with van der Waals surface area (Å²) < 4.78 is 0. The van der Waals surface area contributed by atoms with Gasteiger partial charge in [0.2, 0.25) is 0 Å². The number of halogens is 2. The Morgan fingerprint density at radius 2 is 0.650 bits per heavy atom. The van der Waals surface area contributed by atoms with Crippen molar-refractivity contribution in [3.05, 3.63) is 241 Å². The van der Waals surface area contributed by atoms with Gasteiger partial charge in [-0.05, 0) is 109 Å². The van der Waals surface area contributed by atoms with Gasteiger partial charge in [0.15, 0.2) is 0 Å². The first-order valence-electron chi connectivity index (χ1n) is 19.8. The van der Waals surface area contributed by atoms with E-state index in [0.717, 1.165) is 11.1 Å². The second kappa shape index (κ2) is 23.5. The van der Waals surface area contributed by atoms with Crippen molar-refractivity contribution in [2.45, 2.75) is 25.9 Å². The van der Waals surface area contributed by atoms with Crippen LogP contribution in [0.1, 0.15) is 34.3 Å². The van der Waals surface area contributed by atoms with Crippen LogP contribution in [0.15, 0.2) is 218 Å². The van der Waals surface area contributed by atoms with Crippen molar-refractivity contribution in [2.24, 2.45) is 11.5 Å². The second-order valence-corrected chi connectivity index (χ2v) is 21.9. The van der Waals surface area contributed by atoms with Gasteiger partial charge in [0, 0.05) is 12.1 Å². The monoisotopic (exact) mass is 951 g/mol. The summed E-state index contributed by atoms with van der Waals surface area (Å²) in [5.74, 6) is 0. The van der Waals surface area contributed by atoms with Gasteiger partial charge >= 0.3 is 34.5 Å². The molecule has 0 heterocycles. The molecular formula is C52H51Cl2N3P2Ru+4. The number of hydrogen-bond acceptors (Lipinski definition) is 3. The fourth-order valence-corrected chi connectivity index (χ4v) is 12.8. The number of aryl methyl sites for hydroxylation is 2. The average Bonchev–Trinajstić information content (AvgIpc) is 3.30. The van der Waals surface area contributed by atoms with Gasteiger partial charge in [0.05, 0.1) is 11.4 Å². The molecule has 0 saturated carbocycles. The molecule has 0 aliphatic carbocycles. The zero-order valence-electron chi connectivity index (χ0n) is 33.7. The summed E-state index contributed by atoms with van der Waals surface area (Å²) in [6.45, 7) is 4.40. The molecule has 8 heteroatoms. The first-order chi connectivity index (χ1) is 29.4. The van der Waals surface area contributed by atoms with Gasteiger partial charge in [-0.1, -0.05) is 146 Å². The SMILES string of the molecule is Cc1ccc(Nc2ccc(C)cc2[PH+](c2ccccc2)c2ccccc2)c([PH+](c2ccccc2)c2ccccc2)c1.NC(c1ccccc1)C(N)c1ccccc1.[Cl][Ru+2][Cl]. The van der Waals surface area contributed by atoms with Crippen LogP contribution in [0.4, 0.5) is 11.4 Å². The molecular weight excluding hydrogens is 901 g/mol. The molecule has 0 bridgehead atoms.